The van der Waals surface area contributed by atoms with E-state index in [1.165, 1.54) is 4.31 Å². The molecule has 1 atom stereocenters. The lowest BCUT2D eigenvalue weighted by Gasteiger charge is -2.35. The van der Waals surface area contributed by atoms with Crippen molar-refractivity contribution in [3.8, 4) is 0 Å². The Morgan fingerprint density at radius 2 is 2.19 bits per heavy atom. The summed E-state index contributed by atoms with van der Waals surface area (Å²) >= 11 is 9.13. The van der Waals surface area contributed by atoms with Gasteiger partial charge in [0.15, 0.2) is 0 Å². The summed E-state index contributed by atoms with van der Waals surface area (Å²) in [5, 5.41) is 0. The number of likely N-dealkylation sites (N-methyl/N-ethyl adjacent to an activating group) is 2. The Morgan fingerprint density at radius 1 is 1.48 bits per heavy atom. The van der Waals surface area contributed by atoms with E-state index in [0.717, 1.165) is 31.5 Å². The second-order valence-electron chi connectivity index (χ2n) is 5.48. The molecule has 1 aliphatic heterocycles. The van der Waals surface area contributed by atoms with Crippen molar-refractivity contribution in [2.75, 3.05) is 27.2 Å². The minimum atomic E-state index is -3.50. The first-order valence-corrected chi connectivity index (χ1v) is 9.64. The van der Waals surface area contributed by atoms with Crippen LogP contribution in [0.15, 0.2) is 27.6 Å². The molecule has 21 heavy (non-hydrogen) atoms. The fourth-order valence-corrected chi connectivity index (χ4v) is 5.25. The van der Waals surface area contributed by atoms with Crippen molar-refractivity contribution in [1.29, 1.82) is 0 Å². The van der Waals surface area contributed by atoms with Crippen molar-refractivity contribution in [2.45, 2.75) is 29.7 Å². The van der Waals surface area contributed by atoms with Crippen molar-refractivity contribution < 1.29 is 8.42 Å². The van der Waals surface area contributed by atoms with Crippen LogP contribution in [0.1, 0.15) is 18.4 Å². The van der Waals surface area contributed by atoms with Crippen LogP contribution in [-0.4, -0.2) is 50.8 Å². The SMILES string of the molecule is CN1CCCC(N(C)S(=O)(=O)c2ccc(CCl)cc2Br)C1. The smallest absolute Gasteiger partial charge is 0.244 e. The number of sulfonamides is 1. The number of nitrogens with zero attached hydrogens (tertiary/aromatic N) is 2. The molecular weight excluding hydrogens is 376 g/mol. The molecule has 1 saturated heterocycles. The van der Waals surface area contributed by atoms with Crippen LogP contribution in [0.3, 0.4) is 0 Å². The van der Waals surface area contributed by atoms with Gasteiger partial charge >= 0.3 is 0 Å². The van der Waals surface area contributed by atoms with Crippen molar-refractivity contribution in [2.24, 2.45) is 0 Å². The molecule has 1 heterocycles. The first-order valence-electron chi connectivity index (χ1n) is 6.87. The molecule has 118 valence electrons. The summed E-state index contributed by atoms with van der Waals surface area (Å²) < 4.78 is 27.7. The van der Waals surface area contributed by atoms with Gasteiger partial charge in [-0.15, -0.1) is 11.6 Å². The van der Waals surface area contributed by atoms with Crippen LogP contribution < -0.4 is 0 Å². The lowest BCUT2D eigenvalue weighted by Crippen LogP contribution is -2.47. The highest BCUT2D eigenvalue weighted by Gasteiger charge is 2.31. The molecule has 1 aliphatic rings. The molecule has 0 radical (unpaired) electrons. The Morgan fingerprint density at radius 3 is 2.76 bits per heavy atom. The van der Waals surface area contributed by atoms with Gasteiger partial charge in [-0.25, -0.2) is 8.42 Å². The van der Waals surface area contributed by atoms with Crippen molar-refractivity contribution >= 4 is 37.6 Å². The molecule has 0 bridgehead atoms. The van der Waals surface area contributed by atoms with Crippen molar-refractivity contribution in [3.63, 3.8) is 0 Å². The van der Waals surface area contributed by atoms with Crippen LogP contribution in [-0.2, 0) is 15.9 Å². The van der Waals surface area contributed by atoms with E-state index in [2.05, 4.69) is 20.8 Å². The second-order valence-corrected chi connectivity index (χ2v) is 8.57. The van der Waals surface area contributed by atoms with E-state index in [1.807, 2.05) is 7.05 Å². The number of hydrogen-bond acceptors (Lipinski definition) is 3. The maximum absolute atomic E-state index is 12.8. The van der Waals surface area contributed by atoms with E-state index in [-0.39, 0.29) is 6.04 Å². The number of hydrogen-bond donors (Lipinski definition) is 0. The molecule has 0 amide bonds. The van der Waals surface area contributed by atoms with Crippen LogP contribution in [0.4, 0.5) is 0 Å². The Bertz CT molecular complexity index is 609. The number of halogens is 2. The normalized spacial score (nSPS) is 20.9. The molecule has 0 aliphatic carbocycles. The van der Waals surface area contributed by atoms with Crippen molar-refractivity contribution in [1.82, 2.24) is 9.21 Å². The zero-order valence-corrected chi connectivity index (χ0v) is 15.4. The Labute approximate surface area is 140 Å². The maximum atomic E-state index is 12.8. The fraction of sp³-hybridized carbons (Fsp3) is 0.571. The van der Waals surface area contributed by atoms with E-state index in [1.54, 1.807) is 25.2 Å². The average molecular weight is 396 g/mol. The lowest BCUT2D eigenvalue weighted by molar-refractivity contribution is 0.187. The standard InChI is InChI=1S/C14H20BrClN2O2S/c1-17-7-3-4-12(10-17)18(2)21(19,20)14-6-5-11(9-16)8-13(14)15/h5-6,8,12H,3-4,7,9-10H2,1-2H3. The van der Waals surface area contributed by atoms with Gasteiger partial charge in [0.2, 0.25) is 10.0 Å². The largest absolute Gasteiger partial charge is 0.305 e. The van der Waals surface area contributed by atoms with Gasteiger partial charge in [0, 0.05) is 30.0 Å². The van der Waals surface area contributed by atoms with E-state index in [9.17, 15) is 8.42 Å². The summed E-state index contributed by atoms with van der Waals surface area (Å²) in [5.41, 5.74) is 0.891. The van der Waals surface area contributed by atoms with Crippen LogP contribution >= 0.6 is 27.5 Å². The van der Waals surface area contributed by atoms with Gasteiger partial charge in [-0.1, -0.05) is 6.07 Å². The van der Waals surface area contributed by atoms with Gasteiger partial charge in [0.25, 0.3) is 0 Å². The first kappa shape index (κ1) is 17.2. The van der Waals surface area contributed by atoms with Crippen molar-refractivity contribution in [3.05, 3.63) is 28.2 Å². The average Bonchev–Trinajstić information content (AvgIpc) is 2.45. The minimum Gasteiger partial charge on any atom is -0.305 e. The van der Waals surface area contributed by atoms with E-state index < -0.39 is 10.0 Å². The van der Waals surface area contributed by atoms with E-state index >= 15 is 0 Å². The molecule has 0 saturated carbocycles. The summed E-state index contributed by atoms with van der Waals surface area (Å²) in [5.74, 6) is 0.363. The van der Waals surface area contributed by atoms with Gasteiger partial charge in [0.1, 0.15) is 0 Å². The first-order chi connectivity index (χ1) is 9.86. The van der Waals surface area contributed by atoms with Crippen LogP contribution in [0.5, 0.6) is 0 Å². The number of rotatable bonds is 4. The zero-order chi connectivity index (χ0) is 15.6. The summed E-state index contributed by atoms with van der Waals surface area (Å²) in [6, 6.07) is 5.17. The highest BCUT2D eigenvalue weighted by molar-refractivity contribution is 9.10. The van der Waals surface area contributed by atoms with Gasteiger partial charge in [-0.3, -0.25) is 0 Å². The van der Waals surface area contributed by atoms with Gasteiger partial charge in [-0.05, 0) is 60.1 Å². The molecule has 0 aromatic heterocycles. The summed E-state index contributed by atoms with van der Waals surface area (Å²) in [6.07, 6.45) is 1.92. The third kappa shape index (κ3) is 3.79. The molecule has 1 aromatic carbocycles. The molecular formula is C14H20BrClN2O2S. The highest BCUT2D eigenvalue weighted by atomic mass is 79.9. The fourth-order valence-electron chi connectivity index (χ4n) is 2.62. The summed E-state index contributed by atoms with van der Waals surface area (Å²) in [6.45, 7) is 1.80. The molecule has 0 N–H and O–H groups in total. The summed E-state index contributed by atoms with van der Waals surface area (Å²) in [4.78, 5) is 2.47. The van der Waals surface area contributed by atoms with E-state index in [0.29, 0.717) is 15.2 Å². The van der Waals surface area contributed by atoms with Crippen LogP contribution in [0.25, 0.3) is 0 Å². The molecule has 7 heteroatoms. The predicted octanol–water partition coefficient (Wildman–Crippen LogP) is 2.90. The Kier molecular flexibility index (Phi) is 5.71. The molecule has 1 fully saturated rings. The zero-order valence-electron chi connectivity index (χ0n) is 12.2. The van der Waals surface area contributed by atoms with Crippen LogP contribution in [0.2, 0.25) is 0 Å². The monoisotopic (exact) mass is 394 g/mol. The number of likely N-dealkylation sites (tertiary alicyclic amines) is 1. The molecule has 0 spiro atoms. The Balaban J connectivity index is 2.28. The maximum Gasteiger partial charge on any atom is 0.244 e. The summed E-state index contributed by atoms with van der Waals surface area (Å²) in [7, 11) is 0.192. The molecule has 1 unspecified atom stereocenters. The number of alkyl halides is 1. The second kappa shape index (κ2) is 6.96. The third-order valence-corrected chi connectivity index (χ3v) is 7.12. The molecule has 1 aromatic rings. The third-order valence-electron chi connectivity index (χ3n) is 3.92. The van der Waals surface area contributed by atoms with Gasteiger partial charge in [-0.2, -0.15) is 4.31 Å². The van der Waals surface area contributed by atoms with E-state index in [4.69, 9.17) is 11.6 Å². The lowest BCUT2D eigenvalue weighted by atomic mass is 10.1. The number of benzene rings is 1. The number of piperidine rings is 1. The highest BCUT2D eigenvalue weighted by Crippen LogP contribution is 2.28. The minimum absolute atomic E-state index is 0.0216. The van der Waals surface area contributed by atoms with Gasteiger partial charge in [0.05, 0.1) is 4.90 Å². The molecule has 4 nitrogen and oxygen atoms in total. The van der Waals surface area contributed by atoms with Gasteiger partial charge < -0.3 is 4.90 Å². The molecule has 2 rings (SSSR count). The topological polar surface area (TPSA) is 40.6 Å². The quantitative estimate of drug-likeness (QED) is 0.736. The van der Waals surface area contributed by atoms with Crippen LogP contribution in [0, 0.1) is 0 Å². The predicted molar refractivity (Wildman–Crippen MR) is 89.2 cm³/mol. The Hall–Kier alpha value is -0.140.